The van der Waals surface area contributed by atoms with Crippen molar-refractivity contribution in [2.75, 3.05) is 0 Å². The van der Waals surface area contributed by atoms with E-state index < -0.39 is 35.0 Å². The number of aromatic amines is 1. The molecule has 270 valence electrons. The maximum Gasteiger partial charge on any atom is 0.419 e. The number of halogens is 4. The highest BCUT2D eigenvalue weighted by Gasteiger charge is 2.48. The van der Waals surface area contributed by atoms with Crippen molar-refractivity contribution in [3.8, 4) is 0 Å². The van der Waals surface area contributed by atoms with Gasteiger partial charge in [-0.15, -0.1) is 0 Å². The van der Waals surface area contributed by atoms with Crippen LogP contribution in [0.1, 0.15) is 119 Å². The lowest BCUT2D eigenvalue weighted by Gasteiger charge is -2.16. The second kappa shape index (κ2) is 14.9. The average molecular weight is 709 g/mol. The first-order valence-corrected chi connectivity index (χ1v) is 14.7. The number of carboxylic acid groups (broad SMARTS) is 1. The third kappa shape index (κ3) is 12.8. The SMILES string of the molecule is C=C1N=C(C(C)(C)C)NO1.CC(C)(C)c1nc(=S)o[nH]1.CC(C)(C)c1noc(C(C)(F)F)n1.CC(C)(C)c1noc(C(F)(F)C(=O)O)n1. The molecule has 0 unspecified atom stereocenters. The van der Waals surface area contributed by atoms with Gasteiger partial charge in [-0.2, -0.15) is 37.5 Å². The molecule has 0 atom stereocenters. The van der Waals surface area contributed by atoms with Crippen LogP contribution >= 0.6 is 12.2 Å². The van der Waals surface area contributed by atoms with Gasteiger partial charge in [-0.05, 0) is 18.8 Å². The van der Waals surface area contributed by atoms with E-state index in [0.29, 0.717) is 11.7 Å². The molecule has 0 bridgehead atoms. The molecule has 14 nitrogen and oxygen atoms in total. The summed E-state index contributed by atoms with van der Waals surface area (Å²) in [5.41, 5.74) is 1.76. The van der Waals surface area contributed by atoms with Crippen molar-refractivity contribution in [2.24, 2.45) is 10.4 Å². The number of H-pyrrole nitrogens is 1. The molecule has 0 saturated heterocycles. The Hall–Kier alpha value is -4.16. The largest absolute Gasteiger partial charge is 0.476 e. The number of aliphatic imine (C=N–C) groups is 1. The molecular formula is C29H44F4N8O6S. The molecule has 0 amide bonds. The van der Waals surface area contributed by atoms with Crippen LogP contribution in [0.4, 0.5) is 17.6 Å². The Morgan fingerprint density at radius 3 is 1.44 bits per heavy atom. The summed E-state index contributed by atoms with van der Waals surface area (Å²) in [5, 5.41) is 17.7. The summed E-state index contributed by atoms with van der Waals surface area (Å²) in [6.45, 7) is 27.1. The lowest BCUT2D eigenvalue weighted by molar-refractivity contribution is -0.170. The Labute approximate surface area is 280 Å². The van der Waals surface area contributed by atoms with Crippen molar-refractivity contribution in [2.45, 2.75) is 118 Å². The van der Waals surface area contributed by atoms with Crippen molar-refractivity contribution in [3.05, 3.63) is 46.6 Å². The van der Waals surface area contributed by atoms with Gasteiger partial charge < -0.3 is 23.5 Å². The van der Waals surface area contributed by atoms with Crippen LogP contribution in [0.2, 0.25) is 0 Å². The maximum atomic E-state index is 12.9. The molecule has 0 radical (unpaired) electrons. The third-order valence-electron chi connectivity index (χ3n) is 5.47. The van der Waals surface area contributed by atoms with Crippen LogP contribution < -0.4 is 5.48 Å². The summed E-state index contributed by atoms with van der Waals surface area (Å²) in [5.74, 6) is -8.95. The number of nitrogens with one attached hydrogen (secondary N) is 2. The van der Waals surface area contributed by atoms with Crippen LogP contribution in [0.5, 0.6) is 0 Å². The number of carbonyl (C=O) groups is 1. The lowest BCUT2D eigenvalue weighted by Crippen LogP contribution is -2.30. The minimum absolute atomic E-state index is 0.0133. The molecule has 4 heterocycles. The van der Waals surface area contributed by atoms with Gasteiger partial charge in [0.25, 0.3) is 5.89 Å². The average Bonchev–Trinajstić information content (AvgIpc) is 3.69. The Bertz CT molecular complexity index is 1580. The van der Waals surface area contributed by atoms with Gasteiger partial charge in [0, 0.05) is 28.6 Å². The van der Waals surface area contributed by atoms with Crippen LogP contribution in [-0.2, 0) is 37.7 Å². The molecule has 1 aliphatic heterocycles. The zero-order chi connectivity index (χ0) is 37.7. The summed E-state index contributed by atoms with van der Waals surface area (Å²) in [6, 6.07) is 0. The Kier molecular flexibility index (Phi) is 13.0. The van der Waals surface area contributed by atoms with Gasteiger partial charge in [-0.1, -0.05) is 93.4 Å². The van der Waals surface area contributed by atoms with Gasteiger partial charge in [-0.3, -0.25) is 0 Å². The molecule has 0 saturated carbocycles. The van der Waals surface area contributed by atoms with Crippen molar-refractivity contribution in [1.82, 2.24) is 35.9 Å². The van der Waals surface area contributed by atoms with Crippen LogP contribution in [0.15, 0.2) is 31.0 Å². The molecule has 19 heteroatoms. The van der Waals surface area contributed by atoms with Gasteiger partial charge >= 0.3 is 28.5 Å². The minimum Gasteiger partial charge on any atom is -0.476 e. The summed E-state index contributed by atoms with van der Waals surface area (Å²) < 4.78 is 64.5. The molecule has 0 aromatic carbocycles. The number of amidine groups is 1. The molecular weight excluding hydrogens is 664 g/mol. The molecule has 0 spiro atoms. The predicted octanol–water partition coefficient (Wildman–Crippen LogP) is 7.49. The number of carboxylic acids is 1. The standard InChI is InChI=1S/C8H10F2N2O3.C8H12F2N2O.C7H12N2O.C6H10N2OS/c1-7(2,3)4-11-5(15-12-4)8(9,10)6(13)14;1-7(2,3)5-11-6(13-12-5)8(4,9)10;1-5-8-6(9-10-5)7(2,3)4;1-6(2,3)4-7-5(10)9-8-4/h1-3H3,(H,13,14);1-4H3;1H2,2-4H3,(H,8,9);1-3H3,(H,7,8,10). The fourth-order valence-electron chi connectivity index (χ4n) is 2.60. The maximum absolute atomic E-state index is 12.9. The number of alkyl halides is 4. The van der Waals surface area contributed by atoms with Gasteiger partial charge in [0.15, 0.2) is 11.6 Å². The van der Waals surface area contributed by atoms with E-state index in [1.54, 1.807) is 20.8 Å². The number of hydrogen-bond donors (Lipinski definition) is 3. The van der Waals surface area contributed by atoms with Gasteiger partial charge in [0.2, 0.25) is 5.88 Å². The van der Waals surface area contributed by atoms with Crippen LogP contribution in [0, 0.1) is 10.3 Å². The van der Waals surface area contributed by atoms with E-state index in [2.05, 4.69) is 77.3 Å². The van der Waals surface area contributed by atoms with Crippen LogP contribution in [0.25, 0.3) is 0 Å². The molecule has 3 aromatic rings. The van der Waals surface area contributed by atoms with Gasteiger partial charge in [-0.25, -0.2) is 15.4 Å². The first-order valence-electron chi connectivity index (χ1n) is 14.3. The third-order valence-corrected chi connectivity index (χ3v) is 5.64. The quantitative estimate of drug-likeness (QED) is 0.179. The van der Waals surface area contributed by atoms with Crippen LogP contribution in [0.3, 0.4) is 0 Å². The second-order valence-corrected chi connectivity index (χ2v) is 15.0. The van der Waals surface area contributed by atoms with Crippen molar-refractivity contribution in [3.63, 3.8) is 0 Å². The van der Waals surface area contributed by atoms with Crippen molar-refractivity contribution in [1.29, 1.82) is 0 Å². The molecule has 1 aliphatic rings. The molecule has 3 N–H and O–H groups in total. The number of hydroxylamine groups is 1. The Morgan fingerprint density at radius 1 is 0.750 bits per heavy atom. The molecule has 4 rings (SSSR count). The number of aromatic nitrogens is 6. The van der Waals surface area contributed by atoms with E-state index in [-0.39, 0.29) is 26.9 Å². The first-order chi connectivity index (χ1) is 21.4. The highest BCUT2D eigenvalue weighted by Crippen LogP contribution is 2.29. The summed E-state index contributed by atoms with van der Waals surface area (Å²) in [6.07, 6.45) is 0. The number of hydrogen-bond acceptors (Lipinski definition) is 13. The van der Waals surface area contributed by atoms with E-state index >= 15 is 0 Å². The molecule has 3 aromatic heterocycles. The fourth-order valence-corrected chi connectivity index (χ4v) is 2.73. The predicted molar refractivity (Wildman–Crippen MR) is 168 cm³/mol. The second-order valence-electron chi connectivity index (χ2n) is 14.6. The van der Waals surface area contributed by atoms with E-state index in [1.165, 1.54) is 0 Å². The number of rotatable bonds is 3. The zero-order valence-corrected chi connectivity index (χ0v) is 30.1. The zero-order valence-electron chi connectivity index (χ0n) is 29.3. The van der Waals surface area contributed by atoms with Gasteiger partial charge in [0.05, 0.1) is 0 Å². The normalized spacial score (nSPS) is 13.9. The lowest BCUT2D eigenvalue weighted by atomic mass is 9.95. The number of nitrogens with zero attached hydrogens (tertiary/aromatic N) is 6. The Morgan fingerprint density at radius 2 is 1.21 bits per heavy atom. The smallest absolute Gasteiger partial charge is 0.419 e. The molecule has 0 aliphatic carbocycles. The minimum atomic E-state index is -4.14. The summed E-state index contributed by atoms with van der Waals surface area (Å²) in [7, 11) is 0. The van der Waals surface area contributed by atoms with E-state index in [4.69, 9.17) is 26.7 Å². The van der Waals surface area contributed by atoms with Crippen molar-refractivity contribution >= 4 is 24.0 Å². The Balaban J connectivity index is 0.000000325. The van der Waals surface area contributed by atoms with E-state index in [1.807, 2.05) is 41.5 Å². The van der Waals surface area contributed by atoms with Gasteiger partial charge in [0.1, 0.15) is 11.7 Å². The highest BCUT2D eigenvalue weighted by atomic mass is 32.1. The van der Waals surface area contributed by atoms with E-state index in [9.17, 15) is 22.4 Å². The molecule has 0 fully saturated rings. The number of aliphatic carboxylic acids is 1. The summed E-state index contributed by atoms with van der Waals surface area (Å²) in [4.78, 5) is 30.3. The monoisotopic (exact) mass is 708 g/mol. The fraction of sp³-hybridized carbons (Fsp3) is 0.655. The topological polar surface area (TPSA) is 191 Å². The van der Waals surface area contributed by atoms with Crippen LogP contribution in [-0.4, -0.2) is 47.3 Å². The highest BCUT2D eigenvalue weighted by molar-refractivity contribution is 7.71. The van der Waals surface area contributed by atoms with Crippen molar-refractivity contribution < 1.29 is 45.9 Å². The first kappa shape index (κ1) is 41.9. The molecule has 48 heavy (non-hydrogen) atoms. The summed E-state index contributed by atoms with van der Waals surface area (Å²) >= 11 is 4.69. The van der Waals surface area contributed by atoms with E-state index in [0.717, 1.165) is 18.6 Å².